The Bertz CT molecular complexity index is 547. The molecule has 22 heavy (non-hydrogen) atoms. The maximum atomic E-state index is 3.19. The van der Waals surface area contributed by atoms with E-state index in [9.17, 15) is 0 Å². The van der Waals surface area contributed by atoms with E-state index in [1.807, 2.05) is 6.20 Å². The van der Waals surface area contributed by atoms with Gasteiger partial charge in [-0.25, -0.2) is 4.98 Å². The highest BCUT2D eigenvalue weighted by molar-refractivity contribution is 5.13. The number of aromatic nitrogens is 1. The molecule has 1 aromatic carbocycles. The van der Waals surface area contributed by atoms with Crippen molar-refractivity contribution in [2.24, 2.45) is 0 Å². The second kappa shape index (κ2) is 7.52. The van der Waals surface area contributed by atoms with E-state index in [4.69, 9.17) is 0 Å². The van der Waals surface area contributed by atoms with Gasteiger partial charge in [0, 0.05) is 24.5 Å². The number of quaternary nitrogens is 2. The maximum absolute atomic E-state index is 3.19. The van der Waals surface area contributed by atoms with Crippen molar-refractivity contribution in [3.63, 3.8) is 0 Å². The van der Waals surface area contributed by atoms with Gasteiger partial charge in [0.2, 0.25) is 0 Å². The summed E-state index contributed by atoms with van der Waals surface area (Å²) in [7, 11) is 2.36. The average molecular weight is 298 g/mol. The fourth-order valence-corrected chi connectivity index (χ4v) is 3.59. The molecule has 2 aromatic rings. The Balaban J connectivity index is 1.47. The van der Waals surface area contributed by atoms with Crippen molar-refractivity contribution in [3.8, 4) is 0 Å². The van der Waals surface area contributed by atoms with Crippen LogP contribution in [0.5, 0.6) is 0 Å². The van der Waals surface area contributed by atoms with Gasteiger partial charge in [0.1, 0.15) is 13.1 Å². The van der Waals surface area contributed by atoms with E-state index in [1.165, 1.54) is 37.1 Å². The zero-order valence-electron chi connectivity index (χ0n) is 13.5. The number of likely N-dealkylation sites (tertiary alicyclic amines) is 1. The van der Waals surface area contributed by atoms with Gasteiger partial charge in [-0.05, 0) is 6.07 Å². The molecule has 1 unspecified atom stereocenters. The first-order chi connectivity index (χ1) is 10.8. The summed E-state index contributed by atoms with van der Waals surface area (Å²) >= 11 is 0. The first-order valence-corrected chi connectivity index (χ1v) is 8.46. The Morgan fingerprint density at radius 1 is 1.05 bits per heavy atom. The highest BCUT2D eigenvalue weighted by Gasteiger charge is 2.28. The van der Waals surface area contributed by atoms with Crippen LogP contribution < -0.4 is 14.8 Å². The summed E-state index contributed by atoms with van der Waals surface area (Å²) in [5, 5.41) is 0. The molecule has 2 heterocycles. The van der Waals surface area contributed by atoms with Crippen LogP contribution in [0.1, 0.15) is 24.0 Å². The molecular weight excluding hydrogens is 270 g/mol. The Morgan fingerprint density at radius 2 is 1.77 bits per heavy atom. The van der Waals surface area contributed by atoms with Crippen LogP contribution in [0, 0.1) is 0 Å². The third-order valence-electron chi connectivity index (χ3n) is 4.94. The summed E-state index contributed by atoms with van der Waals surface area (Å²) in [6.45, 7) is 4.90. The van der Waals surface area contributed by atoms with Gasteiger partial charge in [-0.1, -0.05) is 30.3 Å². The molecule has 3 nitrogen and oxygen atoms in total. The summed E-state index contributed by atoms with van der Waals surface area (Å²) in [5.74, 6) is 0. The third-order valence-corrected chi connectivity index (χ3v) is 4.94. The van der Waals surface area contributed by atoms with Crippen molar-refractivity contribution in [1.29, 1.82) is 0 Å². The molecule has 1 saturated heterocycles. The van der Waals surface area contributed by atoms with Gasteiger partial charge in [0.15, 0.2) is 12.4 Å². The smallest absolute Gasteiger partial charge is 0.175 e. The van der Waals surface area contributed by atoms with Crippen molar-refractivity contribution < 1.29 is 14.8 Å². The number of benzene rings is 1. The van der Waals surface area contributed by atoms with Crippen molar-refractivity contribution in [3.05, 3.63) is 66.0 Å². The van der Waals surface area contributed by atoms with Gasteiger partial charge in [-0.3, -0.25) is 0 Å². The fourth-order valence-electron chi connectivity index (χ4n) is 3.59. The van der Waals surface area contributed by atoms with Gasteiger partial charge in [0.25, 0.3) is 0 Å². The average Bonchev–Trinajstić information content (AvgIpc) is 2.57. The van der Waals surface area contributed by atoms with Gasteiger partial charge < -0.3 is 9.80 Å². The van der Waals surface area contributed by atoms with E-state index in [-0.39, 0.29) is 0 Å². The number of rotatable bonds is 5. The van der Waals surface area contributed by atoms with Gasteiger partial charge >= 0.3 is 0 Å². The van der Waals surface area contributed by atoms with Crippen LogP contribution >= 0.6 is 0 Å². The minimum absolute atomic E-state index is 0.811. The number of nitrogens with one attached hydrogen (secondary N) is 3. The van der Waals surface area contributed by atoms with Gasteiger partial charge in [0.05, 0.1) is 31.7 Å². The molecule has 1 aliphatic heterocycles. The van der Waals surface area contributed by atoms with Crippen molar-refractivity contribution in [1.82, 2.24) is 0 Å². The molecule has 3 heteroatoms. The lowest BCUT2D eigenvalue weighted by atomic mass is 10.0. The summed E-state index contributed by atoms with van der Waals surface area (Å²) in [5.41, 5.74) is 2.87. The quantitative estimate of drug-likeness (QED) is 0.761. The lowest BCUT2D eigenvalue weighted by molar-refractivity contribution is -0.960. The number of H-pyrrole nitrogens is 1. The van der Waals surface area contributed by atoms with E-state index in [0.29, 0.717) is 0 Å². The minimum Gasteiger partial charge on any atom is -0.331 e. The van der Waals surface area contributed by atoms with Crippen LogP contribution in [0.15, 0.2) is 54.9 Å². The lowest BCUT2D eigenvalue weighted by Gasteiger charge is -2.32. The van der Waals surface area contributed by atoms with Crippen LogP contribution in [-0.2, 0) is 13.1 Å². The predicted molar refractivity (Wildman–Crippen MR) is 87.5 cm³/mol. The molecule has 1 aromatic heterocycles. The van der Waals surface area contributed by atoms with Crippen molar-refractivity contribution in [2.75, 3.05) is 20.1 Å². The Kier molecular flexibility index (Phi) is 5.20. The number of hydrogen-bond donors (Lipinski definition) is 2. The second-order valence-electron chi connectivity index (χ2n) is 6.62. The summed E-state index contributed by atoms with van der Waals surface area (Å²) < 4.78 is 0. The molecule has 0 aliphatic carbocycles. The van der Waals surface area contributed by atoms with E-state index in [0.717, 1.165) is 19.1 Å². The molecule has 1 fully saturated rings. The SMILES string of the molecule is C[NH+](Cc1ccccc1)C1CC[NH+](Cc2ccc[nH+]c2)CC1. The van der Waals surface area contributed by atoms with E-state index in [1.54, 1.807) is 9.80 Å². The van der Waals surface area contributed by atoms with Gasteiger partial charge in [-0.2, -0.15) is 0 Å². The maximum Gasteiger partial charge on any atom is 0.175 e. The Morgan fingerprint density at radius 3 is 2.45 bits per heavy atom. The highest BCUT2D eigenvalue weighted by atomic mass is 15.2. The first-order valence-electron chi connectivity index (χ1n) is 8.46. The minimum atomic E-state index is 0.811. The summed E-state index contributed by atoms with van der Waals surface area (Å²) in [6, 6.07) is 16.0. The highest BCUT2D eigenvalue weighted by Crippen LogP contribution is 2.00. The molecule has 3 N–H and O–H groups in total. The number of pyridine rings is 1. The molecule has 0 amide bonds. The predicted octanol–water partition coefficient (Wildman–Crippen LogP) is -0.237. The molecule has 116 valence electrons. The standard InChI is InChI=1S/C19H25N3/c1-21(15-17-6-3-2-4-7-17)19-9-12-22(13-10-19)16-18-8-5-11-20-14-18/h2-8,11,14,19H,9-10,12-13,15-16H2,1H3/p+3. The first kappa shape index (κ1) is 15.2. The largest absolute Gasteiger partial charge is 0.331 e. The van der Waals surface area contributed by atoms with E-state index >= 15 is 0 Å². The lowest BCUT2D eigenvalue weighted by Crippen LogP contribution is -3.18. The molecule has 0 spiro atoms. The normalized spacial score (nSPS) is 23.1. The fraction of sp³-hybridized carbons (Fsp3) is 0.421. The van der Waals surface area contributed by atoms with Crippen LogP contribution in [0.4, 0.5) is 0 Å². The van der Waals surface area contributed by atoms with Crippen LogP contribution in [0.2, 0.25) is 0 Å². The molecule has 0 radical (unpaired) electrons. The topological polar surface area (TPSA) is 23.0 Å². The zero-order chi connectivity index (χ0) is 15.2. The second-order valence-corrected chi connectivity index (χ2v) is 6.62. The van der Waals surface area contributed by atoms with Crippen LogP contribution in [0.25, 0.3) is 0 Å². The number of hydrogen-bond acceptors (Lipinski definition) is 0. The third kappa shape index (κ3) is 4.15. The molecule has 0 saturated carbocycles. The molecule has 3 rings (SSSR count). The Labute approximate surface area is 133 Å². The number of piperidine rings is 1. The molecule has 0 bridgehead atoms. The van der Waals surface area contributed by atoms with Crippen LogP contribution in [-0.4, -0.2) is 26.2 Å². The zero-order valence-corrected chi connectivity index (χ0v) is 13.5. The molecule has 1 atom stereocenters. The molecule has 1 aliphatic rings. The van der Waals surface area contributed by atoms with Crippen molar-refractivity contribution in [2.45, 2.75) is 32.0 Å². The number of aromatic amines is 1. The van der Waals surface area contributed by atoms with Gasteiger partial charge in [-0.15, -0.1) is 0 Å². The van der Waals surface area contributed by atoms with E-state index < -0.39 is 0 Å². The monoisotopic (exact) mass is 298 g/mol. The molecular formula is C19H28N3+3. The summed E-state index contributed by atoms with van der Waals surface area (Å²) in [4.78, 5) is 6.58. The van der Waals surface area contributed by atoms with Crippen molar-refractivity contribution >= 4 is 0 Å². The Hall–Kier alpha value is -1.71. The van der Waals surface area contributed by atoms with Crippen LogP contribution in [0.3, 0.4) is 0 Å². The summed E-state index contributed by atoms with van der Waals surface area (Å²) in [6.07, 6.45) is 6.79. The van der Waals surface area contributed by atoms with E-state index in [2.05, 4.69) is 60.7 Å².